The van der Waals surface area contributed by atoms with E-state index in [0.717, 1.165) is 39.0 Å². The van der Waals surface area contributed by atoms with Crippen molar-refractivity contribution >= 4 is 0 Å². The molecule has 0 saturated heterocycles. The summed E-state index contributed by atoms with van der Waals surface area (Å²) in [6, 6.07) is 2.53. The van der Waals surface area contributed by atoms with Crippen molar-refractivity contribution in [1.82, 2.24) is 10.2 Å². The predicted octanol–water partition coefficient (Wildman–Crippen LogP) is 0.863. The molecule has 1 atom stereocenters. The number of nitriles is 1. The number of nitrogens with one attached hydrogen (secondary N) is 1. The van der Waals surface area contributed by atoms with Crippen LogP contribution in [0.25, 0.3) is 0 Å². The zero-order valence-electron chi connectivity index (χ0n) is 12.4. The highest BCUT2D eigenvalue weighted by Crippen LogP contribution is 2.39. The van der Waals surface area contributed by atoms with E-state index in [2.05, 4.69) is 23.2 Å². The molecule has 19 heavy (non-hydrogen) atoms. The first kappa shape index (κ1) is 16.4. The van der Waals surface area contributed by atoms with Gasteiger partial charge in [0.25, 0.3) is 0 Å². The third kappa shape index (κ3) is 5.07. The second kappa shape index (κ2) is 8.49. The largest absolute Gasteiger partial charge is 0.383 e. The molecule has 1 rings (SSSR count). The SMILES string of the molecule is CCNC(C#N)(CN(CCOC)CCOC)C1CC1. The third-order valence-electron chi connectivity index (χ3n) is 3.66. The molecule has 0 bridgehead atoms. The Morgan fingerprint density at radius 3 is 2.21 bits per heavy atom. The van der Waals surface area contributed by atoms with Gasteiger partial charge in [-0.15, -0.1) is 0 Å². The number of hydrogen-bond donors (Lipinski definition) is 1. The molecule has 1 aliphatic carbocycles. The molecule has 110 valence electrons. The molecule has 1 fully saturated rings. The Morgan fingerprint density at radius 1 is 1.26 bits per heavy atom. The Hall–Kier alpha value is -0.670. The van der Waals surface area contributed by atoms with E-state index in [9.17, 15) is 5.26 Å². The van der Waals surface area contributed by atoms with Crippen molar-refractivity contribution in [2.75, 3.05) is 53.6 Å². The minimum absolute atomic E-state index is 0.407. The number of ether oxygens (including phenoxy) is 2. The van der Waals surface area contributed by atoms with Crippen molar-refractivity contribution in [3.05, 3.63) is 0 Å². The van der Waals surface area contributed by atoms with Gasteiger partial charge in [-0.2, -0.15) is 5.26 Å². The highest BCUT2D eigenvalue weighted by Gasteiger charge is 2.46. The van der Waals surface area contributed by atoms with Gasteiger partial charge >= 0.3 is 0 Å². The second-order valence-corrected chi connectivity index (χ2v) is 5.15. The standard InChI is InChI=1S/C14H27N3O2/c1-4-16-14(11-15,13-5-6-13)12-17(7-9-18-2)8-10-19-3/h13,16H,4-10,12H2,1-3H3. The average molecular weight is 269 g/mol. The molecule has 1 unspecified atom stereocenters. The fourth-order valence-electron chi connectivity index (χ4n) is 2.45. The van der Waals surface area contributed by atoms with Crippen molar-refractivity contribution in [1.29, 1.82) is 5.26 Å². The van der Waals surface area contributed by atoms with Gasteiger partial charge in [-0.05, 0) is 25.3 Å². The van der Waals surface area contributed by atoms with Crippen molar-refractivity contribution in [3.63, 3.8) is 0 Å². The number of rotatable bonds is 11. The van der Waals surface area contributed by atoms with Crippen LogP contribution < -0.4 is 5.32 Å². The van der Waals surface area contributed by atoms with Crippen molar-refractivity contribution in [3.8, 4) is 6.07 Å². The zero-order valence-corrected chi connectivity index (χ0v) is 12.4. The van der Waals surface area contributed by atoms with Gasteiger partial charge in [0.1, 0.15) is 5.54 Å². The van der Waals surface area contributed by atoms with Gasteiger partial charge in [0.05, 0.1) is 19.3 Å². The van der Waals surface area contributed by atoms with Crippen LogP contribution >= 0.6 is 0 Å². The van der Waals surface area contributed by atoms with Crippen molar-refractivity contribution in [2.45, 2.75) is 25.3 Å². The predicted molar refractivity (Wildman–Crippen MR) is 74.9 cm³/mol. The highest BCUT2D eigenvalue weighted by atomic mass is 16.5. The fourth-order valence-corrected chi connectivity index (χ4v) is 2.45. The second-order valence-electron chi connectivity index (χ2n) is 5.15. The van der Waals surface area contributed by atoms with E-state index in [0.29, 0.717) is 19.1 Å². The maximum absolute atomic E-state index is 9.62. The topological polar surface area (TPSA) is 57.5 Å². The quantitative estimate of drug-likeness (QED) is 0.603. The van der Waals surface area contributed by atoms with Gasteiger partial charge < -0.3 is 9.47 Å². The molecule has 0 aromatic heterocycles. The maximum Gasteiger partial charge on any atom is 0.122 e. The van der Waals surface area contributed by atoms with Crippen LogP contribution in [-0.4, -0.2) is 64.1 Å². The monoisotopic (exact) mass is 269 g/mol. The number of nitrogens with zero attached hydrogens (tertiary/aromatic N) is 2. The van der Waals surface area contributed by atoms with E-state index in [-0.39, 0.29) is 0 Å². The molecular weight excluding hydrogens is 242 g/mol. The lowest BCUT2D eigenvalue weighted by Crippen LogP contribution is -2.55. The number of methoxy groups -OCH3 is 2. The lowest BCUT2D eigenvalue weighted by atomic mass is 9.94. The molecule has 0 spiro atoms. The molecule has 0 aromatic carbocycles. The molecule has 1 saturated carbocycles. The molecule has 1 N–H and O–H groups in total. The molecule has 0 aliphatic heterocycles. The minimum Gasteiger partial charge on any atom is -0.383 e. The molecule has 5 heteroatoms. The van der Waals surface area contributed by atoms with Crippen LogP contribution in [0.2, 0.25) is 0 Å². The first-order valence-electron chi connectivity index (χ1n) is 7.09. The molecule has 1 aliphatic rings. The van der Waals surface area contributed by atoms with E-state index in [1.807, 2.05) is 0 Å². The van der Waals surface area contributed by atoms with Crippen LogP contribution in [0.3, 0.4) is 0 Å². The van der Waals surface area contributed by atoms with Crippen LogP contribution in [0.5, 0.6) is 0 Å². The minimum atomic E-state index is -0.407. The molecule has 0 heterocycles. The van der Waals surface area contributed by atoms with E-state index in [1.54, 1.807) is 14.2 Å². The lowest BCUT2D eigenvalue weighted by molar-refractivity contribution is 0.0968. The zero-order chi connectivity index (χ0) is 14.1. The summed E-state index contributed by atoms with van der Waals surface area (Å²) >= 11 is 0. The molecular formula is C14H27N3O2. The van der Waals surface area contributed by atoms with Gasteiger partial charge in [-0.1, -0.05) is 6.92 Å². The molecule has 0 radical (unpaired) electrons. The molecule has 0 amide bonds. The van der Waals surface area contributed by atoms with E-state index < -0.39 is 5.54 Å². The third-order valence-corrected chi connectivity index (χ3v) is 3.66. The number of likely N-dealkylation sites (N-methyl/N-ethyl adjacent to an activating group) is 1. The van der Waals surface area contributed by atoms with Crippen LogP contribution in [0.1, 0.15) is 19.8 Å². The van der Waals surface area contributed by atoms with Crippen LogP contribution in [-0.2, 0) is 9.47 Å². The highest BCUT2D eigenvalue weighted by molar-refractivity contribution is 5.16. The first-order valence-corrected chi connectivity index (χ1v) is 7.09. The average Bonchev–Trinajstić information content (AvgIpc) is 3.25. The fraction of sp³-hybridized carbons (Fsp3) is 0.929. The summed E-state index contributed by atoms with van der Waals surface area (Å²) in [5.41, 5.74) is -0.407. The van der Waals surface area contributed by atoms with Crippen molar-refractivity contribution < 1.29 is 9.47 Å². The molecule has 0 aromatic rings. The summed E-state index contributed by atoms with van der Waals surface area (Å²) in [4.78, 5) is 2.26. The van der Waals surface area contributed by atoms with Gasteiger partial charge in [-0.3, -0.25) is 10.2 Å². The summed E-state index contributed by atoms with van der Waals surface area (Å²) < 4.78 is 10.3. The van der Waals surface area contributed by atoms with Gasteiger partial charge in [0, 0.05) is 33.9 Å². The lowest BCUT2D eigenvalue weighted by Gasteiger charge is -2.34. The Bertz CT molecular complexity index is 281. The Kier molecular flexibility index (Phi) is 7.32. The van der Waals surface area contributed by atoms with E-state index in [4.69, 9.17) is 9.47 Å². The van der Waals surface area contributed by atoms with E-state index >= 15 is 0 Å². The smallest absolute Gasteiger partial charge is 0.122 e. The van der Waals surface area contributed by atoms with Crippen LogP contribution in [0.15, 0.2) is 0 Å². The molecule has 5 nitrogen and oxygen atoms in total. The van der Waals surface area contributed by atoms with Gasteiger partial charge in [-0.25, -0.2) is 0 Å². The normalized spacial score (nSPS) is 18.3. The van der Waals surface area contributed by atoms with Crippen LogP contribution in [0.4, 0.5) is 0 Å². The summed E-state index contributed by atoms with van der Waals surface area (Å²) in [6.45, 7) is 6.66. The summed E-state index contributed by atoms with van der Waals surface area (Å²) in [7, 11) is 3.41. The first-order chi connectivity index (χ1) is 9.22. The number of hydrogen-bond acceptors (Lipinski definition) is 5. The Balaban J connectivity index is 2.62. The van der Waals surface area contributed by atoms with Gasteiger partial charge in [0.15, 0.2) is 0 Å². The maximum atomic E-state index is 9.62. The van der Waals surface area contributed by atoms with E-state index in [1.165, 1.54) is 0 Å². The van der Waals surface area contributed by atoms with Gasteiger partial charge in [0.2, 0.25) is 0 Å². The Morgan fingerprint density at radius 2 is 1.84 bits per heavy atom. The van der Waals surface area contributed by atoms with Crippen LogP contribution in [0, 0.1) is 17.2 Å². The summed E-state index contributed by atoms with van der Waals surface area (Å²) in [6.07, 6.45) is 2.31. The Labute approximate surface area is 116 Å². The van der Waals surface area contributed by atoms with Crippen molar-refractivity contribution in [2.24, 2.45) is 5.92 Å². The summed E-state index contributed by atoms with van der Waals surface area (Å²) in [5.74, 6) is 0.491. The summed E-state index contributed by atoms with van der Waals surface area (Å²) in [5, 5.41) is 13.0.